The molecule has 6 heteroatoms. The van der Waals surface area contributed by atoms with Gasteiger partial charge in [-0.3, -0.25) is 0 Å². The molecule has 0 N–H and O–H groups in total. The molecule has 25 heavy (non-hydrogen) atoms. The summed E-state index contributed by atoms with van der Waals surface area (Å²) in [6, 6.07) is 10.6. The first-order valence-corrected chi connectivity index (χ1v) is 8.65. The molecular formula is C19H25N5O. The highest BCUT2D eigenvalue weighted by Crippen LogP contribution is 2.26. The minimum Gasteiger partial charge on any atom is -0.355 e. The molecule has 0 unspecified atom stereocenters. The molecule has 0 radical (unpaired) electrons. The van der Waals surface area contributed by atoms with E-state index >= 15 is 0 Å². The average Bonchev–Trinajstić information content (AvgIpc) is 3.00. The summed E-state index contributed by atoms with van der Waals surface area (Å²) in [7, 11) is 4.17. The lowest BCUT2D eigenvalue weighted by atomic mass is 10.1. The SMILES string of the molecule is Cc1noc2ncnc(N(CCCc3ccccc3)CCN(C)C)c12. The van der Waals surface area contributed by atoms with Gasteiger partial charge in [0.2, 0.25) is 0 Å². The Morgan fingerprint density at radius 1 is 1.00 bits per heavy atom. The van der Waals surface area contributed by atoms with Gasteiger partial charge in [-0.1, -0.05) is 35.5 Å². The molecule has 0 atom stereocenters. The largest absolute Gasteiger partial charge is 0.355 e. The van der Waals surface area contributed by atoms with Crippen molar-refractivity contribution in [1.82, 2.24) is 20.0 Å². The van der Waals surface area contributed by atoms with Gasteiger partial charge in [-0.25, -0.2) is 4.98 Å². The van der Waals surface area contributed by atoms with Crippen molar-refractivity contribution in [3.63, 3.8) is 0 Å². The second-order valence-electron chi connectivity index (χ2n) is 6.52. The van der Waals surface area contributed by atoms with Crippen LogP contribution in [0.4, 0.5) is 5.82 Å². The van der Waals surface area contributed by atoms with Crippen molar-refractivity contribution >= 4 is 16.9 Å². The molecule has 0 amide bonds. The highest BCUT2D eigenvalue weighted by Gasteiger charge is 2.17. The second-order valence-corrected chi connectivity index (χ2v) is 6.52. The minimum atomic E-state index is 0.556. The minimum absolute atomic E-state index is 0.556. The van der Waals surface area contributed by atoms with E-state index in [0.717, 1.165) is 49.4 Å². The second kappa shape index (κ2) is 8.07. The lowest BCUT2D eigenvalue weighted by Crippen LogP contribution is -2.33. The van der Waals surface area contributed by atoms with Crippen molar-refractivity contribution in [1.29, 1.82) is 0 Å². The van der Waals surface area contributed by atoms with Crippen LogP contribution in [-0.4, -0.2) is 53.8 Å². The van der Waals surface area contributed by atoms with E-state index in [-0.39, 0.29) is 0 Å². The van der Waals surface area contributed by atoms with Gasteiger partial charge in [-0.2, -0.15) is 4.98 Å². The van der Waals surface area contributed by atoms with Gasteiger partial charge in [0.1, 0.15) is 17.5 Å². The van der Waals surface area contributed by atoms with Crippen LogP contribution in [0.5, 0.6) is 0 Å². The zero-order valence-electron chi connectivity index (χ0n) is 15.1. The Bertz CT molecular complexity index is 800. The number of anilines is 1. The number of aromatic nitrogens is 3. The Morgan fingerprint density at radius 2 is 1.80 bits per heavy atom. The van der Waals surface area contributed by atoms with E-state index in [1.54, 1.807) is 6.33 Å². The number of aryl methyl sites for hydroxylation is 2. The van der Waals surface area contributed by atoms with Gasteiger partial charge in [-0.15, -0.1) is 0 Å². The van der Waals surface area contributed by atoms with Gasteiger partial charge >= 0.3 is 0 Å². The molecule has 6 nitrogen and oxygen atoms in total. The van der Waals surface area contributed by atoms with Crippen molar-refractivity contribution in [2.24, 2.45) is 0 Å². The average molecular weight is 339 g/mol. The lowest BCUT2D eigenvalue weighted by molar-refractivity contribution is 0.412. The molecule has 0 aliphatic rings. The van der Waals surface area contributed by atoms with Crippen molar-refractivity contribution < 1.29 is 4.52 Å². The summed E-state index contributed by atoms with van der Waals surface area (Å²) in [4.78, 5) is 13.2. The summed E-state index contributed by atoms with van der Waals surface area (Å²) in [5, 5.41) is 4.96. The first-order chi connectivity index (χ1) is 12.1. The van der Waals surface area contributed by atoms with E-state index in [1.807, 2.05) is 6.92 Å². The molecular weight excluding hydrogens is 314 g/mol. The van der Waals surface area contributed by atoms with E-state index in [0.29, 0.717) is 5.71 Å². The molecule has 2 aromatic heterocycles. The van der Waals surface area contributed by atoms with Crippen LogP contribution in [0.3, 0.4) is 0 Å². The van der Waals surface area contributed by atoms with Gasteiger partial charge in [0.15, 0.2) is 0 Å². The molecule has 2 heterocycles. The zero-order chi connectivity index (χ0) is 17.6. The molecule has 0 bridgehead atoms. The lowest BCUT2D eigenvalue weighted by Gasteiger charge is -2.25. The Balaban J connectivity index is 1.77. The van der Waals surface area contributed by atoms with Gasteiger partial charge in [0.05, 0.1) is 5.69 Å². The monoisotopic (exact) mass is 339 g/mol. The van der Waals surface area contributed by atoms with E-state index < -0.39 is 0 Å². The number of hydrogen-bond donors (Lipinski definition) is 0. The molecule has 0 aliphatic heterocycles. The predicted octanol–water partition coefficient (Wildman–Crippen LogP) is 2.93. The summed E-state index contributed by atoms with van der Waals surface area (Å²) in [5.74, 6) is 0.915. The molecule has 0 spiro atoms. The quantitative estimate of drug-likeness (QED) is 0.629. The summed E-state index contributed by atoms with van der Waals surface area (Å²) in [6.45, 7) is 4.73. The Kier molecular flexibility index (Phi) is 5.60. The number of nitrogens with zero attached hydrogens (tertiary/aromatic N) is 5. The predicted molar refractivity (Wildman–Crippen MR) is 99.9 cm³/mol. The van der Waals surface area contributed by atoms with E-state index in [4.69, 9.17) is 4.52 Å². The third kappa shape index (κ3) is 4.33. The van der Waals surface area contributed by atoms with Crippen molar-refractivity contribution in [2.75, 3.05) is 38.6 Å². The Labute approximate surface area is 148 Å². The van der Waals surface area contributed by atoms with Crippen LogP contribution >= 0.6 is 0 Å². The Morgan fingerprint density at radius 3 is 2.56 bits per heavy atom. The summed E-state index contributed by atoms with van der Waals surface area (Å²) in [6.07, 6.45) is 3.67. The maximum atomic E-state index is 5.30. The van der Waals surface area contributed by atoms with E-state index in [1.165, 1.54) is 5.56 Å². The number of likely N-dealkylation sites (N-methyl/N-ethyl adjacent to an activating group) is 1. The highest BCUT2D eigenvalue weighted by atomic mass is 16.5. The third-order valence-corrected chi connectivity index (χ3v) is 4.28. The summed E-state index contributed by atoms with van der Waals surface area (Å²) >= 11 is 0. The molecule has 0 saturated carbocycles. The molecule has 0 saturated heterocycles. The van der Waals surface area contributed by atoms with Crippen LogP contribution in [0.2, 0.25) is 0 Å². The number of rotatable bonds is 8. The summed E-state index contributed by atoms with van der Waals surface area (Å²) in [5.41, 5.74) is 2.76. The maximum absolute atomic E-state index is 5.30. The van der Waals surface area contributed by atoms with Gasteiger partial charge < -0.3 is 14.3 Å². The Hall–Kier alpha value is -2.47. The fraction of sp³-hybridized carbons (Fsp3) is 0.421. The third-order valence-electron chi connectivity index (χ3n) is 4.28. The van der Waals surface area contributed by atoms with Crippen LogP contribution in [0.15, 0.2) is 41.2 Å². The number of hydrogen-bond acceptors (Lipinski definition) is 6. The molecule has 0 fully saturated rings. The van der Waals surface area contributed by atoms with Gasteiger partial charge in [0.25, 0.3) is 5.71 Å². The smallest absolute Gasteiger partial charge is 0.263 e. The van der Waals surface area contributed by atoms with E-state index in [9.17, 15) is 0 Å². The number of benzene rings is 1. The standard InChI is InChI=1S/C19H25N5O/c1-15-17-18(20-14-21-19(17)25-22-15)24(13-12-23(2)3)11-7-10-16-8-5-4-6-9-16/h4-6,8-9,14H,7,10-13H2,1-3H3. The zero-order valence-corrected chi connectivity index (χ0v) is 15.1. The first kappa shape index (κ1) is 17.4. The molecule has 3 rings (SSSR count). The van der Waals surface area contributed by atoms with Crippen molar-refractivity contribution in [3.05, 3.63) is 47.9 Å². The topological polar surface area (TPSA) is 58.3 Å². The fourth-order valence-electron chi connectivity index (χ4n) is 2.91. The normalized spacial score (nSPS) is 11.4. The fourth-order valence-corrected chi connectivity index (χ4v) is 2.91. The van der Waals surface area contributed by atoms with Crippen LogP contribution < -0.4 is 4.90 Å². The molecule has 3 aromatic rings. The summed E-state index contributed by atoms with van der Waals surface area (Å²) < 4.78 is 5.30. The van der Waals surface area contributed by atoms with Gasteiger partial charge in [0, 0.05) is 19.6 Å². The van der Waals surface area contributed by atoms with Crippen LogP contribution in [-0.2, 0) is 6.42 Å². The first-order valence-electron chi connectivity index (χ1n) is 8.65. The van der Waals surface area contributed by atoms with Crippen LogP contribution in [0, 0.1) is 6.92 Å². The molecule has 132 valence electrons. The highest BCUT2D eigenvalue weighted by molar-refractivity contribution is 5.87. The molecule has 0 aliphatic carbocycles. The van der Waals surface area contributed by atoms with Crippen molar-refractivity contribution in [2.45, 2.75) is 19.8 Å². The van der Waals surface area contributed by atoms with Crippen LogP contribution in [0.25, 0.3) is 11.1 Å². The van der Waals surface area contributed by atoms with Crippen molar-refractivity contribution in [3.8, 4) is 0 Å². The maximum Gasteiger partial charge on any atom is 0.263 e. The van der Waals surface area contributed by atoms with Gasteiger partial charge in [-0.05, 0) is 39.4 Å². The van der Waals surface area contributed by atoms with Crippen LogP contribution in [0.1, 0.15) is 17.7 Å². The van der Waals surface area contributed by atoms with E-state index in [2.05, 4.69) is 69.4 Å². The number of fused-ring (bicyclic) bond motifs is 1. The molecule has 1 aromatic carbocycles.